The molecule has 0 spiro atoms. The second-order valence-corrected chi connectivity index (χ2v) is 7.04. The first-order valence-corrected chi connectivity index (χ1v) is 9.48. The van der Waals surface area contributed by atoms with E-state index in [0.29, 0.717) is 6.42 Å². The molecule has 14 heteroatoms. The molecule has 4 unspecified atom stereocenters. The number of nitrogens with one attached hydrogen (secondary N) is 2. The second kappa shape index (κ2) is 11.8. The fraction of sp³-hybridized carbons (Fsp3) is 0.647. The quantitative estimate of drug-likeness (QED) is 0.154. The van der Waals surface area contributed by atoms with Crippen molar-refractivity contribution >= 4 is 35.6 Å². The van der Waals surface area contributed by atoms with E-state index in [0.717, 1.165) is 4.90 Å². The maximum absolute atomic E-state index is 12.8. The second-order valence-electron chi connectivity index (χ2n) is 7.04. The minimum atomic E-state index is -1.61. The van der Waals surface area contributed by atoms with Gasteiger partial charge in [0.2, 0.25) is 23.6 Å². The van der Waals surface area contributed by atoms with Gasteiger partial charge in [0.15, 0.2) is 0 Å². The molecule has 4 amide bonds. The molecule has 9 N–H and O–H groups in total. The number of carbonyl (C=O) groups is 6. The van der Waals surface area contributed by atoms with E-state index in [1.165, 1.54) is 0 Å². The van der Waals surface area contributed by atoms with Crippen LogP contribution in [0.1, 0.15) is 32.1 Å². The Labute approximate surface area is 176 Å². The first kappa shape index (κ1) is 25.8. The summed E-state index contributed by atoms with van der Waals surface area (Å²) in [5, 5.41) is 31.7. The van der Waals surface area contributed by atoms with E-state index in [2.05, 4.69) is 10.6 Å². The van der Waals surface area contributed by atoms with E-state index in [-0.39, 0.29) is 25.8 Å². The molecule has 174 valence electrons. The van der Waals surface area contributed by atoms with Crippen molar-refractivity contribution < 1.29 is 44.1 Å². The van der Waals surface area contributed by atoms with Crippen LogP contribution in [0, 0.1) is 0 Å². The minimum absolute atomic E-state index is 0.0784. The Morgan fingerprint density at radius 1 is 1.03 bits per heavy atom. The summed E-state index contributed by atoms with van der Waals surface area (Å²) in [6.07, 6.45) is -0.851. The zero-order chi connectivity index (χ0) is 23.7. The molecule has 0 aliphatic carbocycles. The van der Waals surface area contributed by atoms with Crippen LogP contribution in [0.4, 0.5) is 0 Å². The Morgan fingerprint density at radius 2 is 1.65 bits per heavy atom. The molecule has 1 fully saturated rings. The third-order valence-electron chi connectivity index (χ3n) is 4.66. The average molecular weight is 445 g/mol. The maximum atomic E-state index is 12.8. The third kappa shape index (κ3) is 7.82. The highest BCUT2D eigenvalue weighted by molar-refractivity contribution is 5.96. The first-order valence-electron chi connectivity index (χ1n) is 9.48. The van der Waals surface area contributed by atoms with Crippen molar-refractivity contribution in [2.24, 2.45) is 11.5 Å². The Bertz CT molecular complexity index is 729. The Balaban J connectivity index is 3.02. The van der Waals surface area contributed by atoms with Crippen LogP contribution in [0.25, 0.3) is 0 Å². The zero-order valence-electron chi connectivity index (χ0n) is 16.7. The van der Waals surface area contributed by atoms with Crippen LogP contribution in [0.2, 0.25) is 0 Å². The van der Waals surface area contributed by atoms with Gasteiger partial charge in [-0.05, 0) is 19.3 Å². The maximum Gasteiger partial charge on any atom is 0.326 e. The number of nitrogens with two attached hydrogens (primary N) is 2. The summed E-state index contributed by atoms with van der Waals surface area (Å²) in [5.74, 6) is -6.27. The number of carboxylic acid groups (broad SMARTS) is 2. The van der Waals surface area contributed by atoms with Gasteiger partial charge < -0.3 is 42.3 Å². The number of amides is 4. The fourth-order valence-electron chi connectivity index (χ4n) is 3.05. The summed E-state index contributed by atoms with van der Waals surface area (Å²) in [7, 11) is 0. The zero-order valence-corrected chi connectivity index (χ0v) is 16.7. The van der Waals surface area contributed by atoms with Gasteiger partial charge in [-0.15, -0.1) is 0 Å². The summed E-state index contributed by atoms with van der Waals surface area (Å²) in [6.45, 7) is -0.642. The van der Waals surface area contributed by atoms with Gasteiger partial charge >= 0.3 is 11.9 Å². The number of aliphatic carboxylic acids is 2. The monoisotopic (exact) mass is 445 g/mol. The average Bonchev–Trinajstić information content (AvgIpc) is 3.18. The number of primary amides is 1. The number of aliphatic hydroxyl groups excluding tert-OH is 1. The van der Waals surface area contributed by atoms with Crippen molar-refractivity contribution in [2.45, 2.75) is 56.3 Å². The summed E-state index contributed by atoms with van der Waals surface area (Å²) in [5.41, 5.74) is 10.4. The number of carboxylic acids is 2. The number of hydrogen-bond donors (Lipinski definition) is 7. The Hall–Kier alpha value is -3.26. The lowest BCUT2D eigenvalue weighted by atomic mass is 10.1. The van der Waals surface area contributed by atoms with Gasteiger partial charge in [-0.25, -0.2) is 4.79 Å². The molecule has 0 radical (unpaired) electrons. The predicted molar refractivity (Wildman–Crippen MR) is 102 cm³/mol. The van der Waals surface area contributed by atoms with Crippen molar-refractivity contribution in [3.8, 4) is 0 Å². The fourth-order valence-corrected chi connectivity index (χ4v) is 3.05. The standard InChI is InChI=1S/C17H27N5O9/c18-8(7-23)14(27)20-9(3-4-12(19)24)15(28)21-10(6-13(25)26)16(29)22-5-1-2-11(22)17(30)31/h8-11,23H,1-7,18H2,(H2,19,24)(H,20,27)(H,21,28)(H,25,26)(H,30,31). The van der Waals surface area contributed by atoms with Crippen molar-refractivity contribution in [3.05, 3.63) is 0 Å². The van der Waals surface area contributed by atoms with Gasteiger partial charge in [0.1, 0.15) is 24.2 Å². The SMILES string of the molecule is NC(=O)CCC(NC(=O)C(N)CO)C(=O)NC(CC(=O)O)C(=O)N1CCCC1C(=O)O. The highest BCUT2D eigenvalue weighted by Crippen LogP contribution is 2.19. The molecule has 1 aliphatic rings. The van der Waals surface area contributed by atoms with Gasteiger partial charge in [0.05, 0.1) is 13.0 Å². The van der Waals surface area contributed by atoms with E-state index < -0.39 is 72.8 Å². The number of hydrogen-bond acceptors (Lipinski definition) is 8. The molecule has 14 nitrogen and oxygen atoms in total. The molecule has 0 bridgehead atoms. The summed E-state index contributed by atoms with van der Waals surface area (Å²) >= 11 is 0. The van der Waals surface area contributed by atoms with Gasteiger partial charge in [0.25, 0.3) is 0 Å². The van der Waals surface area contributed by atoms with Crippen LogP contribution >= 0.6 is 0 Å². The van der Waals surface area contributed by atoms with Crippen LogP contribution in [-0.2, 0) is 28.8 Å². The highest BCUT2D eigenvalue weighted by Gasteiger charge is 2.39. The lowest BCUT2D eigenvalue weighted by Crippen LogP contribution is -2.57. The van der Waals surface area contributed by atoms with Crippen LogP contribution in [0.5, 0.6) is 0 Å². The van der Waals surface area contributed by atoms with Gasteiger partial charge in [0, 0.05) is 13.0 Å². The van der Waals surface area contributed by atoms with Crippen LogP contribution in [-0.4, -0.2) is 93.1 Å². The number of carbonyl (C=O) groups excluding carboxylic acids is 4. The normalized spacial score (nSPS) is 18.5. The van der Waals surface area contributed by atoms with E-state index in [1.54, 1.807) is 0 Å². The van der Waals surface area contributed by atoms with Gasteiger partial charge in [-0.3, -0.25) is 24.0 Å². The summed E-state index contributed by atoms with van der Waals surface area (Å²) < 4.78 is 0. The molecule has 1 aliphatic heterocycles. The molecule has 0 aromatic rings. The molecule has 1 rings (SSSR count). The molecular formula is C17H27N5O9. The molecule has 1 saturated heterocycles. The van der Waals surface area contributed by atoms with E-state index in [1.807, 2.05) is 0 Å². The molecule has 0 aromatic carbocycles. The van der Waals surface area contributed by atoms with Gasteiger partial charge in [-0.1, -0.05) is 0 Å². The van der Waals surface area contributed by atoms with Crippen LogP contribution < -0.4 is 22.1 Å². The third-order valence-corrected chi connectivity index (χ3v) is 4.66. The Morgan fingerprint density at radius 3 is 2.16 bits per heavy atom. The highest BCUT2D eigenvalue weighted by atomic mass is 16.4. The molecule has 31 heavy (non-hydrogen) atoms. The van der Waals surface area contributed by atoms with E-state index >= 15 is 0 Å². The first-order chi connectivity index (χ1) is 14.5. The minimum Gasteiger partial charge on any atom is -0.481 e. The Kier molecular flexibility index (Phi) is 9.82. The van der Waals surface area contributed by atoms with Crippen molar-refractivity contribution in [1.29, 1.82) is 0 Å². The van der Waals surface area contributed by atoms with Crippen molar-refractivity contribution in [2.75, 3.05) is 13.2 Å². The van der Waals surface area contributed by atoms with E-state index in [9.17, 15) is 33.9 Å². The largest absolute Gasteiger partial charge is 0.481 e. The number of aliphatic hydroxyl groups is 1. The van der Waals surface area contributed by atoms with Crippen molar-refractivity contribution in [3.63, 3.8) is 0 Å². The molecule has 0 saturated carbocycles. The smallest absolute Gasteiger partial charge is 0.326 e. The van der Waals surface area contributed by atoms with Gasteiger partial charge in [-0.2, -0.15) is 0 Å². The van der Waals surface area contributed by atoms with Crippen molar-refractivity contribution in [1.82, 2.24) is 15.5 Å². The summed E-state index contributed by atoms with van der Waals surface area (Å²) in [6, 6.07) is -5.52. The number of nitrogens with zero attached hydrogens (tertiary/aromatic N) is 1. The molecule has 1 heterocycles. The lowest BCUT2D eigenvalue weighted by Gasteiger charge is -2.28. The van der Waals surface area contributed by atoms with Crippen LogP contribution in [0.3, 0.4) is 0 Å². The lowest BCUT2D eigenvalue weighted by molar-refractivity contribution is -0.150. The molecule has 0 aromatic heterocycles. The molecule has 4 atom stereocenters. The summed E-state index contributed by atoms with van der Waals surface area (Å²) in [4.78, 5) is 72.0. The number of rotatable bonds is 12. The molecular weight excluding hydrogens is 418 g/mol. The predicted octanol–water partition coefficient (Wildman–Crippen LogP) is -3.91. The number of likely N-dealkylation sites (tertiary alicyclic amines) is 1. The van der Waals surface area contributed by atoms with Crippen LogP contribution in [0.15, 0.2) is 0 Å². The topological polar surface area (TPSA) is 242 Å². The van der Waals surface area contributed by atoms with E-state index in [4.69, 9.17) is 21.7 Å².